The second-order valence-corrected chi connectivity index (χ2v) is 9.90. The number of fused-ring (bicyclic) bond motifs is 1. The number of amides is 1. The monoisotopic (exact) mass is 598 g/mol. The number of benzene rings is 2. The van der Waals surface area contributed by atoms with E-state index < -0.39 is 37.5 Å². The Morgan fingerprint density at radius 3 is 2.46 bits per heavy atom. The summed E-state index contributed by atoms with van der Waals surface area (Å²) in [6.45, 7) is -1.33. The minimum Gasteiger partial charge on any atom is -0.482 e. The number of aromatic nitrogens is 5. The molecule has 2 aromatic carbocycles. The summed E-state index contributed by atoms with van der Waals surface area (Å²) in [6, 6.07) is 7.62. The lowest BCUT2D eigenvalue weighted by molar-refractivity contribution is -0.153. The van der Waals surface area contributed by atoms with Gasteiger partial charge < -0.3 is 14.2 Å². The lowest BCUT2D eigenvalue weighted by Gasteiger charge is -2.26. The summed E-state index contributed by atoms with van der Waals surface area (Å²) in [5.74, 6) is -0.944. The molecular formula is C26H21ClF6N6O2. The molecule has 1 aliphatic rings. The highest BCUT2D eigenvalue weighted by atomic mass is 35.5. The predicted molar refractivity (Wildman–Crippen MR) is 136 cm³/mol. The van der Waals surface area contributed by atoms with Crippen LogP contribution in [-0.4, -0.2) is 56.0 Å². The molecule has 1 amide bonds. The molecule has 0 radical (unpaired) electrons. The van der Waals surface area contributed by atoms with Crippen molar-refractivity contribution in [3.63, 3.8) is 0 Å². The molecule has 4 aromatic rings. The summed E-state index contributed by atoms with van der Waals surface area (Å²) in [5.41, 5.74) is 2.01. The van der Waals surface area contributed by atoms with E-state index in [1.165, 1.54) is 47.4 Å². The zero-order chi connectivity index (χ0) is 29.5. The zero-order valence-electron chi connectivity index (χ0n) is 21.2. The number of hydrogen-bond donors (Lipinski definition) is 0. The number of aryl methyl sites for hydroxylation is 2. The van der Waals surface area contributed by atoms with Crippen molar-refractivity contribution >= 4 is 23.2 Å². The molecule has 0 saturated carbocycles. The van der Waals surface area contributed by atoms with E-state index in [1.54, 1.807) is 19.2 Å². The van der Waals surface area contributed by atoms with Crippen molar-refractivity contribution in [3.05, 3.63) is 71.4 Å². The maximum atomic E-state index is 13.5. The Balaban J connectivity index is 1.48. The van der Waals surface area contributed by atoms with Crippen LogP contribution in [0, 0.1) is 6.92 Å². The van der Waals surface area contributed by atoms with E-state index >= 15 is 0 Å². The number of carbonyl (C=O) groups excluding carboxylic acids is 1. The summed E-state index contributed by atoms with van der Waals surface area (Å²) >= 11 is 6.05. The quantitative estimate of drug-likeness (QED) is 0.250. The summed E-state index contributed by atoms with van der Waals surface area (Å²) in [7, 11) is 0. The van der Waals surface area contributed by atoms with Crippen LogP contribution in [-0.2, 0) is 11.2 Å². The topological polar surface area (TPSA) is 78.1 Å². The minimum absolute atomic E-state index is 0.108. The molecule has 15 heteroatoms. The van der Waals surface area contributed by atoms with Gasteiger partial charge in [0.2, 0.25) is 0 Å². The molecule has 216 valence electrons. The molecule has 2 aromatic heterocycles. The van der Waals surface area contributed by atoms with Gasteiger partial charge in [0.15, 0.2) is 6.61 Å². The maximum absolute atomic E-state index is 13.5. The molecule has 1 atom stereocenters. The van der Waals surface area contributed by atoms with Crippen molar-refractivity contribution in [2.24, 2.45) is 0 Å². The van der Waals surface area contributed by atoms with Crippen LogP contribution >= 0.6 is 11.6 Å². The first-order valence-corrected chi connectivity index (χ1v) is 12.6. The molecule has 41 heavy (non-hydrogen) atoms. The Labute approximate surface area is 234 Å². The van der Waals surface area contributed by atoms with Crippen LogP contribution in [0.3, 0.4) is 0 Å². The number of alkyl halides is 6. The third-order valence-electron chi connectivity index (χ3n) is 6.37. The van der Waals surface area contributed by atoms with Gasteiger partial charge in [0.05, 0.1) is 23.9 Å². The van der Waals surface area contributed by atoms with E-state index in [0.29, 0.717) is 32.4 Å². The Morgan fingerprint density at radius 2 is 1.78 bits per heavy atom. The average molecular weight is 599 g/mol. The largest absolute Gasteiger partial charge is 0.482 e. The molecular weight excluding hydrogens is 578 g/mol. The van der Waals surface area contributed by atoms with Crippen molar-refractivity contribution < 1.29 is 35.9 Å². The molecule has 0 saturated heterocycles. The van der Waals surface area contributed by atoms with E-state index in [4.69, 9.17) is 16.3 Å². The van der Waals surface area contributed by atoms with Crippen molar-refractivity contribution in [1.82, 2.24) is 24.5 Å². The van der Waals surface area contributed by atoms with Gasteiger partial charge in [0.1, 0.15) is 24.0 Å². The second kappa shape index (κ2) is 10.7. The van der Waals surface area contributed by atoms with Gasteiger partial charge in [-0.2, -0.15) is 26.3 Å². The third kappa shape index (κ3) is 6.47. The fourth-order valence-corrected chi connectivity index (χ4v) is 4.79. The van der Waals surface area contributed by atoms with E-state index in [9.17, 15) is 31.1 Å². The van der Waals surface area contributed by atoms with Crippen molar-refractivity contribution in [1.29, 1.82) is 0 Å². The van der Waals surface area contributed by atoms with E-state index in [0.717, 1.165) is 4.68 Å². The van der Waals surface area contributed by atoms with Crippen LogP contribution in [0.2, 0.25) is 5.02 Å². The van der Waals surface area contributed by atoms with Gasteiger partial charge in [0, 0.05) is 22.5 Å². The van der Waals surface area contributed by atoms with Gasteiger partial charge >= 0.3 is 12.4 Å². The van der Waals surface area contributed by atoms with Crippen LogP contribution in [0.4, 0.5) is 32.0 Å². The molecule has 8 nitrogen and oxygen atoms in total. The van der Waals surface area contributed by atoms with Crippen LogP contribution in [0.15, 0.2) is 55.1 Å². The van der Waals surface area contributed by atoms with Crippen LogP contribution in [0.1, 0.15) is 23.7 Å². The summed E-state index contributed by atoms with van der Waals surface area (Å²) < 4.78 is 87.0. The normalized spacial score (nSPS) is 16.0. The first-order chi connectivity index (χ1) is 19.3. The molecule has 1 aliphatic heterocycles. The van der Waals surface area contributed by atoms with Gasteiger partial charge in [-0.25, -0.2) is 9.67 Å². The van der Waals surface area contributed by atoms with Crippen molar-refractivity contribution in [3.8, 4) is 22.7 Å². The van der Waals surface area contributed by atoms with Gasteiger partial charge in [-0.1, -0.05) is 22.9 Å². The number of hydrogen-bond acceptors (Lipinski definition) is 5. The second-order valence-electron chi connectivity index (χ2n) is 9.46. The van der Waals surface area contributed by atoms with Crippen molar-refractivity contribution in [2.75, 3.05) is 18.1 Å². The first-order valence-electron chi connectivity index (χ1n) is 12.2. The fraction of sp³-hybridized carbons (Fsp3) is 0.308. The Morgan fingerprint density at radius 1 is 1.02 bits per heavy atom. The molecule has 3 heterocycles. The highest BCUT2D eigenvalue weighted by Gasteiger charge is 2.39. The highest BCUT2D eigenvalue weighted by molar-refractivity contribution is 6.30. The SMILES string of the molecule is Cc1cn(-c2ccc(-c3cn([C@H]4CCc5cc(Cl)ccc5N(CC(F)(F)F)C4=O)nn3)cc2OCC(F)(F)F)cn1. The molecule has 0 N–H and O–H groups in total. The van der Waals surface area contributed by atoms with Crippen LogP contribution in [0.5, 0.6) is 5.75 Å². The number of rotatable bonds is 6. The number of imidazole rings is 1. The maximum Gasteiger partial charge on any atom is 0.422 e. The van der Waals surface area contributed by atoms with Crippen LogP contribution < -0.4 is 9.64 Å². The summed E-state index contributed by atoms with van der Waals surface area (Å²) in [6.07, 6.45) is -4.51. The van der Waals surface area contributed by atoms with E-state index in [1.807, 2.05) is 0 Å². The molecule has 0 spiro atoms. The first kappa shape index (κ1) is 28.5. The minimum atomic E-state index is -4.67. The third-order valence-corrected chi connectivity index (χ3v) is 6.61. The average Bonchev–Trinajstić information content (AvgIpc) is 3.52. The lowest BCUT2D eigenvalue weighted by atomic mass is 10.1. The van der Waals surface area contributed by atoms with Gasteiger partial charge in [0.25, 0.3) is 5.91 Å². The van der Waals surface area contributed by atoms with Crippen molar-refractivity contribution in [2.45, 2.75) is 38.2 Å². The smallest absolute Gasteiger partial charge is 0.422 e. The molecule has 0 unspecified atom stereocenters. The van der Waals surface area contributed by atoms with Gasteiger partial charge in [-0.15, -0.1) is 5.10 Å². The standard InChI is InChI=1S/C26H21ClF6N6O2/c1-15-10-37(14-34-15)21-5-2-16(9-23(21)41-13-26(31,32)33)19-11-39(36-35-19)22-6-3-17-8-18(27)4-7-20(17)38(24(22)40)12-25(28,29)30/h2,4-5,7-11,14,22H,3,6,12-13H2,1H3/t22-/m0/s1. The van der Waals surface area contributed by atoms with E-state index in [2.05, 4.69) is 15.3 Å². The van der Waals surface area contributed by atoms with Gasteiger partial charge in [-0.05, 0) is 55.7 Å². The molecule has 0 fully saturated rings. The van der Waals surface area contributed by atoms with Crippen LogP contribution in [0.25, 0.3) is 16.9 Å². The zero-order valence-corrected chi connectivity index (χ0v) is 22.0. The van der Waals surface area contributed by atoms with E-state index in [-0.39, 0.29) is 30.0 Å². The fourth-order valence-electron chi connectivity index (χ4n) is 4.60. The molecule has 0 aliphatic carbocycles. The number of anilines is 1. The van der Waals surface area contributed by atoms with Gasteiger partial charge in [-0.3, -0.25) is 4.79 Å². The number of nitrogens with zero attached hydrogens (tertiary/aromatic N) is 6. The predicted octanol–water partition coefficient (Wildman–Crippen LogP) is 6.12. The Hall–Kier alpha value is -4.07. The molecule has 5 rings (SSSR count). The Kier molecular flexibility index (Phi) is 7.45. The highest BCUT2D eigenvalue weighted by Crippen LogP contribution is 2.36. The summed E-state index contributed by atoms with van der Waals surface area (Å²) in [4.78, 5) is 18.2. The number of carbonyl (C=O) groups is 1. The molecule has 0 bridgehead atoms. The number of halogens is 7. The Bertz CT molecular complexity index is 1580. The number of ether oxygens (including phenoxy) is 1. The lowest BCUT2D eigenvalue weighted by Crippen LogP contribution is -2.42. The summed E-state index contributed by atoms with van der Waals surface area (Å²) in [5, 5.41) is 8.36.